The molecule has 0 unspecified atom stereocenters. The number of phenolic OH excluding ortho intramolecular Hbond substituents is 1. The van der Waals surface area contributed by atoms with Gasteiger partial charge in [-0.15, -0.1) is 0 Å². The number of nitrogens with one attached hydrogen (secondary N) is 2. The van der Waals surface area contributed by atoms with Crippen molar-refractivity contribution in [3.8, 4) is 5.75 Å². The van der Waals surface area contributed by atoms with E-state index in [0.717, 1.165) is 23.7 Å². The molecule has 0 aromatic heterocycles. The van der Waals surface area contributed by atoms with Gasteiger partial charge in [-0.25, -0.2) is 0 Å². The number of aromatic hydroxyl groups is 1. The molecule has 0 aliphatic rings. The number of fused-ring (bicyclic) bond motifs is 1. The van der Waals surface area contributed by atoms with Gasteiger partial charge in [0.25, 0.3) is 0 Å². The van der Waals surface area contributed by atoms with E-state index < -0.39 is 0 Å². The molecule has 3 N–H and O–H groups in total. The van der Waals surface area contributed by atoms with Crippen LogP contribution in [-0.4, -0.2) is 16.8 Å². The molecule has 0 aliphatic heterocycles. The topological polar surface area (TPSA) is 44.3 Å². The number of hydrogen-bond acceptors (Lipinski definition) is 2. The van der Waals surface area contributed by atoms with E-state index in [-0.39, 0.29) is 5.75 Å². The van der Waals surface area contributed by atoms with E-state index in [1.165, 1.54) is 0 Å². The van der Waals surface area contributed by atoms with Gasteiger partial charge in [0.05, 0.1) is 5.69 Å². The fraction of sp³-hybridized carbons (Fsp3) is 0.214. The van der Waals surface area contributed by atoms with Crippen molar-refractivity contribution in [2.45, 2.75) is 13.3 Å². The molecular weight excluding hydrogens is 244 g/mol. The maximum atomic E-state index is 10.2. The Labute approximate surface area is 112 Å². The molecule has 0 amide bonds. The van der Waals surface area contributed by atoms with Gasteiger partial charge < -0.3 is 15.7 Å². The first-order valence-electron chi connectivity index (χ1n) is 5.98. The number of benzene rings is 2. The summed E-state index contributed by atoms with van der Waals surface area (Å²) in [7, 11) is 0. The molecule has 3 nitrogen and oxygen atoms in total. The van der Waals surface area contributed by atoms with Gasteiger partial charge in [-0.1, -0.05) is 37.3 Å². The van der Waals surface area contributed by atoms with Crippen LogP contribution in [0.4, 0.5) is 5.69 Å². The molecule has 2 aromatic rings. The second kappa shape index (κ2) is 5.69. The summed E-state index contributed by atoms with van der Waals surface area (Å²) in [5, 5.41) is 18.6. The summed E-state index contributed by atoms with van der Waals surface area (Å²) in [5.41, 5.74) is 0.627. The molecule has 2 rings (SSSR count). The highest BCUT2D eigenvalue weighted by Gasteiger charge is 2.06. The molecule has 18 heavy (non-hydrogen) atoms. The maximum Gasteiger partial charge on any atom is 0.170 e. The fourth-order valence-electron chi connectivity index (χ4n) is 1.76. The standard InChI is InChI=1S/C14H16N2OS/c1-2-9-15-14(18)16-12-8-7-10-5-3-4-6-11(10)13(12)17/h3-8,17H,2,9H2,1H3,(H2,15,16,18). The Kier molecular flexibility index (Phi) is 3.99. The van der Waals surface area contributed by atoms with Crippen molar-refractivity contribution in [1.82, 2.24) is 5.32 Å². The van der Waals surface area contributed by atoms with Gasteiger partial charge in [0.15, 0.2) is 5.11 Å². The molecule has 0 saturated heterocycles. The average molecular weight is 260 g/mol. The van der Waals surface area contributed by atoms with Crippen LogP contribution in [0.25, 0.3) is 10.8 Å². The summed E-state index contributed by atoms with van der Waals surface area (Å²) >= 11 is 5.15. The monoisotopic (exact) mass is 260 g/mol. The molecule has 0 saturated carbocycles. The Bertz CT molecular complexity index is 569. The van der Waals surface area contributed by atoms with Crippen LogP contribution < -0.4 is 10.6 Å². The highest BCUT2D eigenvalue weighted by atomic mass is 32.1. The van der Waals surface area contributed by atoms with Crippen molar-refractivity contribution in [2.75, 3.05) is 11.9 Å². The maximum absolute atomic E-state index is 10.2. The van der Waals surface area contributed by atoms with Crippen molar-refractivity contribution in [2.24, 2.45) is 0 Å². The first-order chi connectivity index (χ1) is 8.72. The lowest BCUT2D eigenvalue weighted by atomic mass is 10.1. The van der Waals surface area contributed by atoms with Gasteiger partial charge >= 0.3 is 0 Å². The van der Waals surface area contributed by atoms with E-state index in [2.05, 4.69) is 17.6 Å². The summed E-state index contributed by atoms with van der Waals surface area (Å²) in [6.07, 6.45) is 1.01. The summed E-state index contributed by atoms with van der Waals surface area (Å²) in [6, 6.07) is 11.5. The third kappa shape index (κ3) is 2.71. The van der Waals surface area contributed by atoms with Gasteiger partial charge in [-0.2, -0.15) is 0 Å². The number of anilines is 1. The summed E-state index contributed by atoms with van der Waals surface area (Å²) in [6.45, 7) is 2.89. The average Bonchev–Trinajstić information content (AvgIpc) is 2.40. The highest BCUT2D eigenvalue weighted by molar-refractivity contribution is 7.80. The molecular formula is C14H16N2OS. The number of hydrogen-bond donors (Lipinski definition) is 3. The zero-order valence-electron chi connectivity index (χ0n) is 10.2. The number of phenols is 1. The van der Waals surface area contributed by atoms with Crippen molar-refractivity contribution >= 4 is 33.8 Å². The Balaban J connectivity index is 2.24. The largest absolute Gasteiger partial charge is 0.505 e. The lowest BCUT2D eigenvalue weighted by molar-refractivity contribution is 0.484. The highest BCUT2D eigenvalue weighted by Crippen LogP contribution is 2.32. The first-order valence-corrected chi connectivity index (χ1v) is 6.38. The van der Waals surface area contributed by atoms with Crippen LogP contribution in [0.15, 0.2) is 36.4 Å². The second-order valence-electron chi connectivity index (χ2n) is 4.06. The van der Waals surface area contributed by atoms with Crippen LogP contribution in [0, 0.1) is 0 Å². The molecule has 2 aromatic carbocycles. The molecule has 94 valence electrons. The van der Waals surface area contributed by atoms with E-state index in [1.54, 1.807) is 0 Å². The van der Waals surface area contributed by atoms with Crippen LogP contribution >= 0.6 is 12.2 Å². The van der Waals surface area contributed by atoms with Crippen LogP contribution in [0.2, 0.25) is 0 Å². The van der Waals surface area contributed by atoms with Crippen molar-refractivity contribution < 1.29 is 5.11 Å². The van der Waals surface area contributed by atoms with Crippen molar-refractivity contribution in [3.63, 3.8) is 0 Å². The van der Waals surface area contributed by atoms with Crippen LogP contribution in [0.1, 0.15) is 13.3 Å². The minimum absolute atomic E-state index is 0.230. The predicted octanol–water partition coefficient (Wildman–Crippen LogP) is 3.24. The normalized spacial score (nSPS) is 10.3. The summed E-state index contributed by atoms with van der Waals surface area (Å²) < 4.78 is 0. The van der Waals surface area contributed by atoms with Crippen LogP contribution in [-0.2, 0) is 0 Å². The Morgan fingerprint density at radius 3 is 2.78 bits per heavy atom. The van der Waals surface area contributed by atoms with E-state index in [0.29, 0.717) is 10.8 Å². The zero-order valence-corrected chi connectivity index (χ0v) is 11.1. The van der Waals surface area contributed by atoms with Crippen LogP contribution in [0.5, 0.6) is 5.75 Å². The summed E-state index contributed by atoms with van der Waals surface area (Å²) in [5.74, 6) is 0.230. The smallest absolute Gasteiger partial charge is 0.170 e. The predicted molar refractivity (Wildman–Crippen MR) is 80.1 cm³/mol. The first kappa shape index (κ1) is 12.6. The molecule has 0 atom stereocenters. The van der Waals surface area contributed by atoms with Gasteiger partial charge in [0, 0.05) is 11.9 Å². The van der Waals surface area contributed by atoms with E-state index >= 15 is 0 Å². The van der Waals surface area contributed by atoms with Crippen molar-refractivity contribution in [3.05, 3.63) is 36.4 Å². The molecule has 0 spiro atoms. The Hall–Kier alpha value is -1.81. The molecule has 0 radical (unpaired) electrons. The molecule has 0 heterocycles. The SMILES string of the molecule is CCCNC(=S)Nc1ccc2ccccc2c1O. The lowest BCUT2D eigenvalue weighted by Gasteiger charge is -2.12. The Morgan fingerprint density at radius 1 is 1.22 bits per heavy atom. The quantitative estimate of drug-likeness (QED) is 0.585. The molecule has 0 fully saturated rings. The van der Waals surface area contributed by atoms with Gasteiger partial charge in [0.2, 0.25) is 0 Å². The van der Waals surface area contributed by atoms with E-state index in [9.17, 15) is 5.11 Å². The third-order valence-electron chi connectivity index (χ3n) is 2.68. The van der Waals surface area contributed by atoms with Gasteiger partial charge in [-0.05, 0) is 30.1 Å². The van der Waals surface area contributed by atoms with Gasteiger partial charge in [0.1, 0.15) is 5.75 Å². The fourth-order valence-corrected chi connectivity index (χ4v) is 1.97. The lowest BCUT2D eigenvalue weighted by Crippen LogP contribution is -2.28. The third-order valence-corrected chi connectivity index (χ3v) is 2.93. The minimum Gasteiger partial charge on any atom is -0.505 e. The zero-order chi connectivity index (χ0) is 13.0. The number of rotatable bonds is 3. The molecule has 0 bridgehead atoms. The van der Waals surface area contributed by atoms with E-state index in [4.69, 9.17) is 12.2 Å². The molecule has 0 aliphatic carbocycles. The summed E-state index contributed by atoms with van der Waals surface area (Å²) in [4.78, 5) is 0. The second-order valence-corrected chi connectivity index (χ2v) is 4.47. The van der Waals surface area contributed by atoms with Crippen LogP contribution in [0.3, 0.4) is 0 Å². The molecule has 4 heteroatoms. The van der Waals surface area contributed by atoms with E-state index in [1.807, 2.05) is 36.4 Å². The van der Waals surface area contributed by atoms with Crippen molar-refractivity contribution in [1.29, 1.82) is 0 Å². The van der Waals surface area contributed by atoms with Gasteiger partial charge in [-0.3, -0.25) is 0 Å². The minimum atomic E-state index is 0.230. The Morgan fingerprint density at radius 2 is 2.00 bits per heavy atom. The number of thiocarbonyl (C=S) groups is 1.